The summed E-state index contributed by atoms with van der Waals surface area (Å²) in [5.41, 5.74) is 0.873. The van der Waals surface area contributed by atoms with Crippen LogP contribution in [0.15, 0.2) is 40.8 Å². The lowest BCUT2D eigenvalue weighted by Crippen LogP contribution is -2.29. The van der Waals surface area contributed by atoms with E-state index in [0.717, 1.165) is 17.1 Å². The SMILES string of the molecule is COCC(C)NCc1ccc(-c2ccc(F)cc2)o1. The first-order valence-corrected chi connectivity index (χ1v) is 6.26. The molecule has 2 aromatic rings. The summed E-state index contributed by atoms with van der Waals surface area (Å²) in [6.07, 6.45) is 0. The van der Waals surface area contributed by atoms with E-state index in [4.69, 9.17) is 9.15 Å². The van der Waals surface area contributed by atoms with E-state index < -0.39 is 0 Å². The van der Waals surface area contributed by atoms with Crippen molar-refractivity contribution in [2.75, 3.05) is 13.7 Å². The van der Waals surface area contributed by atoms with Crippen molar-refractivity contribution in [3.8, 4) is 11.3 Å². The molecule has 19 heavy (non-hydrogen) atoms. The highest BCUT2D eigenvalue weighted by Crippen LogP contribution is 2.22. The lowest BCUT2D eigenvalue weighted by Gasteiger charge is -2.10. The van der Waals surface area contributed by atoms with Crippen LogP contribution in [0.3, 0.4) is 0 Å². The van der Waals surface area contributed by atoms with Gasteiger partial charge in [0.25, 0.3) is 0 Å². The highest BCUT2D eigenvalue weighted by atomic mass is 19.1. The molecule has 1 unspecified atom stereocenters. The zero-order chi connectivity index (χ0) is 13.7. The molecule has 0 radical (unpaired) electrons. The van der Waals surface area contributed by atoms with Crippen LogP contribution < -0.4 is 5.32 Å². The molecule has 1 atom stereocenters. The molecule has 0 fully saturated rings. The van der Waals surface area contributed by atoms with Crippen LogP contribution in [0.25, 0.3) is 11.3 Å². The smallest absolute Gasteiger partial charge is 0.134 e. The highest BCUT2D eigenvalue weighted by molar-refractivity contribution is 5.57. The fourth-order valence-corrected chi connectivity index (χ4v) is 1.83. The molecular weight excluding hydrogens is 245 g/mol. The maximum Gasteiger partial charge on any atom is 0.134 e. The van der Waals surface area contributed by atoms with Crippen molar-refractivity contribution in [2.24, 2.45) is 0 Å². The van der Waals surface area contributed by atoms with Crippen LogP contribution in [0.5, 0.6) is 0 Å². The molecule has 0 aliphatic carbocycles. The van der Waals surface area contributed by atoms with Gasteiger partial charge in [0.05, 0.1) is 13.2 Å². The number of furan rings is 1. The van der Waals surface area contributed by atoms with E-state index >= 15 is 0 Å². The summed E-state index contributed by atoms with van der Waals surface area (Å²) in [4.78, 5) is 0. The van der Waals surface area contributed by atoms with Crippen LogP contribution in [0.2, 0.25) is 0 Å². The monoisotopic (exact) mass is 263 g/mol. The highest BCUT2D eigenvalue weighted by Gasteiger charge is 2.06. The molecule has 1 aromatic carbocycles. The maximum atomic E-state index is 12.8. The van der Waals surface area contributed by atoms with Gasteiger partial charge < -0.3 is 14.5 Å². The number of hydrogen-bond acceptors (Lipinski definition) is 3. The molecule has 0 aliphatic rings. The Labute approximate surface area is 112 Å². The van der Waals surface area contributed by atoms with Gasteiger partial charge in [-0.2, -0.15) is 0 Å². The number of nitrogens with one attached hydrogen (secondary N) is 1. The van der Waals surface area contributed by atoms with E-state index in [9.17, 15) is 4.39 Å². The molecule has 0 amide bonds. The van der Waals surface area contributed by atoms with Crippen molar-refractivity contribution in [3.63, 3.8) is 0 Å². The van der Waals surface area contributed by atoms with Crippen molar-refractivity contribution in [1.82, 2.24) is 5.32 Å². The summed E-state index contributed by atoms with van der Waals surface area (Å²) in [6, 6.07) is 10.4. The van der Waals surface area contributed by atoms with E-state index in [2.05, 4.69) is 5.32 Å². The van der Waals surface area contributed by atoms with Gasteiger partial charge in [-0.25, -0.2) is 4.39 Å². The first-order chi connectivity index (χ1) is 9.19. The van der Waals surface area contributed by atoms with Crippen molar-refractivity contribution in [2.45, 2.75) is 19.5 Å². The van der Waals surface area contributed by atoms with Crippen LogP contribution in [-0.2, 0) is 11.3 Å². The third-order valence-corrected chi connectivity index (χ3v) is 2.83. The summed E-state index contributed by atoms with van der Waals surface area (Å²) >= 11 is 0. The second-order valence-corrected chi connectivity index (χ2v) is 4.51. The molecule has 0 bridgehead atoms. The van der Waals surface area contributed by atoms with Gasteiger partial charge >= 0.3 is 0 Å². The van der Waals surface area contributed by atoms with Crippen molar-refractivity contribution in [3.05, 3.63) is 48.0 Å². The Hall–Kier alpha value is -1.65. The molecule has 102 valence electrons. The average Bonchev–Trinajstić information content (AvgIpc) is 2.86. The van der Waals surface area contributed by atoms with E-state index in [1.165, 1.54) is 12.1 Å². The largest absolute Gasteiger partial charge is 0.460 e. The Bertz CT molecular complexity index is 507. The molecule has 0 aliphatic heterocycles. The van der Waals surface area contributed by atoms with Gasteiger partial charge in [-0.1, -0.05) is 0 Å². The zero-order valence-electron chi connectivity index (χ0n) is 11.2. The van der Waals surface area contributed by atoms with Gasteiger partial charge in [0.15, 0.2) is 0 Å². The van der Waals surface area contributed by atoms with Crippen molar-refractivity contribution in [1.29, 1.82) is 0 Å². The Kier molecular flexibility index (Phi) is 4.71. The zero-order valence-corrected chi connectivity index (χ0v) is 11.2. The van der Waals surface area contributed by atoms with E-state index in [0.29, 0.717) is 13.2 Å². The Balaban J connectivity index is 1.97. The lowest BCUT2D eigenvalue weighted by atomic mass is 10.2. The number of methoxy groups -OCH3 is 1. The molecule has 1 N–H and O–H groups in total. The summed E-state index contributed by atoms with van der Waals surface area (Å²) in [7, 11) is 1.68. The Morgan fingerprint density at radius 1 is 1.21 bits per heavy atom. The van der Waals surface area contributed by atoms with Gasteiger partial charge in [-0.05, 0) is 43.3 Å². The van der Waals surface area contributed by atoms with Crippen LogP contribution >= 0.6 is 0 Å². The lowest BCUT2D eigenvalue weighted by molar-refractivity contribution is 0.170. The topological polar surface area (TPSA) is 34.4 Å². The molecular formula is C15H18FNO2. The van der Waals surface area contributed by atoms with Crippen molar-refractivity contribution >= 4 is 0 Å². The molecule has 3 nitrogen and oxygen atoms in total. The fourth-order valence-electron chi connectivity index (χ4n) is 1.83. The van der Waals surface area contributed by atoms with Gasteiger partial charge in [0.1, 0.15) is 17.3 Å². The molecule has 4 heteroatoms. The third-order valence-electron chi connectivity index (χ3n) is 2.83. The quantitative estimate of drug-likeness (QED) is 0.869. The van der Waals surface area contributed by atoms with E-state index in [1.807, 2.05) is 19.1 Å². The van der Waals surface area contributed by atoms with Crippen LogP contribution in [0.1, 0.15) is 12.7 Å². The predicted octanol–water partition coefficient (Wildman–Crippen LogP) is 3.21. The summed E-state index contributed by atoms with van der Waals surface area (Å²) < 4.78 is 23.6. The van der Waals surface area contributed by atoms with Gasteiger partial charge in [0, 0.05) is 18.7 Å². The summed E-state index contributed by atoms with van der Waals surface area (Å²) in [5.74, 6) is 1.35. The number of rotatable bonds is 6. The van der Waals surface area contributed by atoms with Crippen molar-refractivity contribution < 1.29 is 13.5 Å². The van der Waals surface area contributed by atoms with E-state index in [-0.39, 0.29) is 11.9 Å². The second-order valence-electron chi connectivity index (χ2n) is 4.51. The van der Waals surface area contributed by atoms with Gasteiger partial charge in [-0.15, -0.1) is 0 Å². The third kappa shape index (κ3) is 3.91. The number of halogens is 1. The second kappa shape index (κ2) is 6.50. The number of benzene rings is 1. The predicted molar refractivity (Wildman–Crippen MR) is 72.3 cm³/mol. The van der Waals surface area contributed by atoms with Gasteiger partial charge in [0.2, 0.25) is 0 Å². The minimum Gasteiger partial charge on any atom is -0.460 e. The van der Waals surface area contributed by atoms with Gasteiger partial charge in [-0.3, -0.25) is 0 Å². The first-order valence-electron chi connectivity index (χ1n) is 6.26. The Morgan fingerprint density at radius 2 is 1.95 bits per heavy atom. The molecule has 2 rings (SSSR count). The molecule has 1 heterocycles. The fraction of sp³-hybridized carbons (Fsp3) is 0.333. The molecule has 0 saturated carbocycles. The summed E-state index contributed by atoms with van der Waals surface area (Å²) in [5, 5.41) is 3.29. The molecule has 0 spiro atoms. The van der Waals surface area contributed by atoms with Crippen LogP contribution in [0, 0.1) is 5.82 Å². The van der Waals surface area contributed by atoms with Crippen LogP contribution in [0.4, 0.5) is 4.39 Å². The maximum absolute atomic E-state index is 12.8. The standard InChI is InChI=1S/C15H18FNO2/c1-11(10-18-2)17-9-14-7-8-15(19-14)12-3-5-13(16)6-4-12/h3-8,11,17H,9-10H2,1-2H3. The normalized spacial score (nSPS) is 12.6. The minimum atomic E-state index is -0.245. The average molecular weight is 263 g/mol. The number of ether oxygens (including phenoxy) is 1. The minimum absolute atomic E-state index is 0.245. The first kappa shape index (κ1) is 13.8. The summed E-state index contributed by atoms with van der Waals surface area (Å²) in [6.45, 7) is 3.35. The Morgan fingerprint density at radius 3 is 2.63 bits per heavy atom. The van der Waals surface area contributed by atoms with Crippen LogP contribution in [-0.4, -0.2) is 19.8 Å². The molecule has 1 aromatic heterocycles. The van der Waals surface area contributed by atoms with E-state index in [1.54, 1.807) is 19.2 Å². The molecule has 0 saturated heterocycles. The number of hydrogen-bond donors (Lipinski definition) is 1.